The molecule has 0 bridgehead atoms. The second-order valence-electron chi connectivity index (χ2n) is 6.01. The number of hydrogen-bond acceptors (Lipinski definition) is 3. The van der Waals surface area contributed by atoms with Crippen molar-refractivity contribution < 1.29 is 13.9 Å². The third kappa shape index (κ3) is 4.66. The van der Waals surface area contributed by atoms with Gasteiger partial charge in [-0.2, -0.15) is 5.10 Å². The van der Waals surface area contributed by atoms with Crippen LogP contribution in [0.3, 0.4) is 0 Å². The van der Waals surface area contributed by atoms with Crippen molar-refractivity contribution in [2.75, 3.05) is 6.61 Å². The molecule has 0 saturated carbocycles. The van der Waals surface area contributed by atoms with Crippen LogP contribution < -0.4 is 10.2 Å². The predicted octanol–water partition coefficient (Wildman–Crippen LogP) is 4.42. The average Bonchev–Trinajstić information content (AvgIpc) is 2.57. The van der Waals surface area contributed by atoms with Crippen LogP contribution in [-0.4, -0.2) is 18.7 Å². The molecular formula is C20H23FN2O2. The Kier molecular flexibility index (Phi) is 6.28. The van der Waals surface area contributed by atoms with Gasteiger partial charge in [0, 0.05) is 0 Å². The first-order chi connectivity index (χ1) is 11.9. The number of nitrogens with zero attached hydrogens (tertiary/aromatic N) is 1. The van der Waals surface area contributed by atoms with E-state index in [0.29, 0.717) is 12.5 Å². The first-order valence-electron chi connectivity index (χ1n) is 8.29. The van der Waals surface area contributed by atoms with Crippen molar-refractivity contribution in [1.29, 1.82) is 0 Å². The zero-order valence-electron chi connectivity index (χ0n) is 15.0. The fraction of sp³-hybridized carbons (Fsp3) is 0.300. The molecule has 1 N–H and O–H groups in total. The van der Waals surface area contributed by atoms with Crippen LogP contribution in [-0.2, 0) is 0 Å². The maximum atomic E-state index is 13.6. The van der Waals surface area contributed by atoms with Gasteiger partial charge in [0.05, 0.1) is 18.4 Å². The van der Waals surface area contributed by atoms with Crippen LogP contribution >= 0.6 is 0 Å². The first-order valence-corrected chi connectivity index (χ1v) is 8.29. The number of benzene rings is 2. The highest BCUT2D eigenvalue weighted by Crippen LogP contribution is 2.29. The van der Waals surface area contributed by atoms with Crippen LogP contribution in [0, 0.1) is 12.7 Å². The molecule has 0 fully saturated rings. The number of rotatable bonds is 6. The minimum Gasteiger partial charge on any atom is -0.494 e. The zero-order chi connectivity index (χ0) is 18.4. The normalized spacial score (nSPS) is 11.1. The SMILES string of the molecule is CCOc1cc(C)c(/C=N\NC(=O)c2ccccc2F)cc1C(C)C. The second kappa shape index (κ2) is 8.42. The molecule has 2 aromatic rings. The van der Waals surface area contributed by atoms with Crippen LogP contribution in [0.15, 0.2) is 41.5 Å². The van der Waals surface area contributed by atoms with Crippen LogP contribution in [0.5, 0.6) is 5.75 Å². The van der Waals surface area contributed by atoms with Gasteiger partial charge in [-0.05, 0) is 60.7 Å². The van der Waals surface area contributed by atoms with Gasteiger partial charge in [0.2, 0.25) is 0 Å². The Labute approximate surface area is 147 Å². The van der Waals surface area contributed by atoms with E-state index in [4.69, 9.17) is 4.74 Å². The minimum atomic E-state index is -0.581. The van der Waals surface area contributed by atoms with Crippen molar-refractivity contribution in [3.63, 3.8) is 0 Å². The van der Waals surface area contributed by atoms with Gasteiger partial charge in [0.25, 0.3) is 5.91 Å². The van der Waals surface area contributed by atoms with Crippen molar-refractivity contribution in [3.05, 3.63) is 64.5 Å². The molecule has 0 heterocycles. The Bertz CT molecular complexity index is 785. The van der Waals surface area contributed by atoms with Gasteiger partial charge in [-0.15, -0.1) is 0 Å². The van der Waals surface area contributed by atoms with E-state index in [0.717, 1.165) is 22.4 Å². The van der Waals surface area contributed by atoms with Gasteiger partial charge in [0.15, 0.2) is 0 Å². The summed E-state index contributed by atoms with van der Waals surface area (Å²) in [7, 11) is 0. The zero-order valence-corrected chi connectivity index (χ0v) is 15.0. The summed E-state index contributed by atoms with van der Waals surface area (Å²) in [4.78, 5) is 12.0. The van der Waals surface area contributed by atoms with Crippen molar-refractivity contribution in [2.45, 2.75) is 33.6 Å². The summed E-state index contributed by atoms with van der Waals surface area (Å²) in [5.41, 5.74) is 5.26. The number of amides is 1. The lowest BCUT2D eigenvalue weighted by Gasteiger charge is -2.15. The molecule has 2 aromatic carbocycles. The molecule has 4 nitrogen and oxygen atoms in total. The molecule has 0 unspecified atom stereocenters. The maximum Gasteiger partial charge on any atom is 0.274 e. The third-order valence-corrected chi connectivity index (χ3v) is 3.81. The third-order valence-electron chi connectivity index (χ3n) is 3.81. The number of aryl methyl sites for hydroxylation is 1. The van der Waals surface area contributed by atoms with E-state index in [-0.39, 0.29) is 5.56 Å². The van der Waals surface area contributed by atoms with Crippen molar-refractivity contribution >= 4 is 12.1 Å². The fourth-order valence-corrected chi connectivity index (χ4v) is 2.45. The summed E-state index contributed by atoms with van der Waals surface area (Å²) in [5.74, 6) is 0.00131. The van der Waals surface area contributed by atoms with Crippen molar-refractivity contribution in [1.82, 2.24) is 5.43 Å². The van der Waals surface area contributed by atoms with Crippen LogP contribution in [0.1, 0.15) is 53.7 Å². The Morgan fingerprint density at radius 3 is 2.68 bits per heavy atom. The largest absolute Gasteiger partial charge is 0.494 e. The van der Waals surface area contributed by atoms with Gasteiger partial charge < -0.3 is 4.74 Å². The standard InChI is InChI=1S/C20H23FN2O2/c1-5-25-19-10-14(4)15(11-17(19)13(2)3)12-22-23-20(24)16-8-6-7-9-18(16)21/h6-13H,5H2,1-4H3,(H,23,24)/b22-12-. The molecule has 2 rings (SSSR count). The first kappa shape index (κ1) is 18.6. The molecule has 0 aliphatic heterocycles. The Balaban J connectivity index is 2.19. The van der Waals surface area contributed by atoms with E-state index in [1.807, 2.05) is 26.0 Å². The van der Waals surface area contributed by atoms with E-state index in [9.17, 15) is 9.18 Å². The Morgan fingerprint density at radius 1 is 1.32 bits per heavy atom. The van der Waals surface area contributed by atoms with E-state index in [1.165, 1.54) is 18.2 Å². The van der Waals surface area contributed by atoms with Gasteiger partial charge in [-0.1, -0.05) is 26.0 Å². The highest BCUT2D eigenvalue weighted by molar-refractivity contribution is 5.95. The number of halogens is 1. The molecule has 0 aromatic heterocycles. The van der Waals surface area contributed by atoms with Gasteiger partial charge in [-0.25, -0.2) is 9.82 Å². The predicted molar refractivity (Wildman–Crippen MR) is 97.9 cm³/mol. The summed E-state index contributed by atoms with van der Waals surface area (Å²) >= 11 is 0. The fourth-order valence-electron chi connectivity index (χ4n) is 2.45. The molecular weight excluding hydrogens is 319 g/mol. The molecule has 0 radical (unpaired) electrons. The number of ether oxygens (including phenoxy) is 1. The number of carbonyl (C=O) groups is 1. The molecule has 132 valence electrons. The Morgan fingerprint density at radius 2 is 2.04 bits per heavy atom. The Hall–Kier alpha value is -2.69. The second-order valence-corrected chi connectivity index (χ2v) is 6.01. The molecule has 0 atom stereocenters. The van der Waals surface area contributed by atoms with Gasteiger partial charge in [-0.3, -0.25) is 4.79 Å². The van der Waals surface area contributed by atoms with Gasteiger partial charge in [0.1, 0.15) is 11.6 Å². The molecule has 0 aliphatic rings. The number of nitrogens with one attached hydrogen (secondary N) is 1. The van der Waals surface area contributed by atoms with E-state index < -0.39 is 11.7 Å². The van der Waals surface area contributed by atoms with Crippen LogP contribution in [0.25, 0.3) is 0 Å². The van der Waals surface area contributed by atoms with Crippen molar-refractivity contribution in [2.24, 2.45) is 5.10 Å². The number of carbonyl (C=O) groups excluding carboxylic acids is 1. The summed E-state index contributed by atoms with van der Waals surface area (Å²) in [6.07, 6.45) is 1.57. The average molecular weight is 342 g/mol. The smallest absolute Gasteiger partial charge is 0.274 e. The van der Waals surface area contributed by atoms with E-state index in [1.54, 1.807) is 12.3 Å². The lowest BCUT2D eigenvalue weighted by atomic mass is 9.97. The summed E-state index contributed by atoms with van der Waals surface area (Å²) in [5, 5.41) is 3.96. The maximum absolute atomic E-state index is 13.6. The topological polar surface area (TPSA) is 50.7 Å². The van der Waals surface area contributed by atoms with E-state index in [2.05, 4.69) is 24.4 Å². The summed E-state index contributed by atoms with van der Waals surface area (Å²) in [6, 6.07) is 9.77. The number of hydrazone groups is 1. The highest BCUT2D eigenvalue weighted by Gasteiger charge is 2.12. The lowest BCUT2D eigenvalue weighted by Crippen LogP contribution is -2.19. The molecule has 0 saturated heterocycles. The summed E-state index contributed by atoms with van der Waals surface area (Å²) < 4.78 is 19.3. The summed E-state index contributed by atoms with van der Waals surface area (Å²) in [6.45, 7) is 8.69. The molecule has 1 amide bonds. The lowest BCUT2D eigenvalue weighted by molar-refractivity contribution is 0.0951. The van der Waals surface area contributed by atoms with E-state index >= 15 is 0 Å². The number of hydrogen-bond donors (Lipinski definition) is 1. The van der Waals surface area contributed by atoms with Crippen LogP contribution in [0.2, 0.25) is 0 Å². The molecule has 0 aliphatic carbocycles. The molecule has 5 heteroatoms. The quantitative estimate of drug-likeness (QED) is 0.624. The molecule has 25 heavy (non-hydrogen) atoms. The van der Waals surface area contributed by atoms with Gasteiger partial charge >= 0.3 is 0 Å². The highest BCUT2D eigenvalue weighted by atomic mass is 19.1. The minimum absolute atomic E-state index is 0.0362. The monoisotopic (exact) mass is 342 g/mol. The molecule has 0 spiro atoms. The van der Waals surface area contributed by atoms with Crippen molar-refractivity contribution in [3.8, 4) is 5.75 Å². The van der Waals surface area contributed by atoms with Crippen LogP contribution in [0.4, 0.5) is 4.39 Å².